The molecule has 0 unspecified atom stereocenters. The van der Waals surface area contributed by atoms with Crippen LogP contribution in [-0.4, -0.2) is 78.9 Å². The van der Waals surface area contributed by atoms with Crippen molar-refractivity contribution >= 4 is 35.2 Å². The molecule has 1 fully saturated rings. The van der Waals surface area contributed by atoms with Gasteiger partial charge in [0.15, 0.2) is 0 Å². The van der Waals surface area contributed by atoms with Crippen LogP contribution < -0.4 is 4.90 Å². The number of carbonyl (C=O) groups is 2. The van der Waals surface area contributed by atoms with E-state index in [2.05, 4.69) is 9.80 Å². The van der Waals surface area contributed by atoms with Gasteiger partial charge in [0.25, 0.3) is 5.91 Å². The average Bonchev–Trinajstić information content (AvgIpc) is 2.87. The first-order valence-corrected chi connectivity index (χ1v) is 12.9. The number of hydrogen-bond donors (Lipinski definition) is 1. The molecule has 0 saturated carbocycles. The first-order valence-electron chi connectivity index (χ1n) is 11.8. The fraction of sp³-hybridized carbons (Fsp3) is 0.423. The summed E-state index contributed by atoms with van der Waals surface area (Å²) >= 11 is 1.93. The lowest BCUT2D eigenvalue weighted by Crippen LogP contribution is -2.37. The third-order valence-electron chi connectivity index (χ3n) is 6.36. The van der Waals surface area contributed by atoms with Crippen LogP contribution in [0.2, 0.25) is 0 Å². The molecule has 0 aliphatic carbocycles. The zero-order chi connectivity index (χ0) is 24.1. The average molecular weight is 481 g/mol. The highest BCUT2D eigenvalue weighted by Gasteiger charge is 2.22. The maximum atomic E-state index is 13.2. The van der Waals surface area contributed by atoms with E-state index in [9.17, 15) is 9.59 Å². The third-order valence-corrected chi connectivity index (χ3v) is 7.31. The van der Waals surface area contributed by atoms with E-state index < -0.39 is 0 Å². The van der Waals surface area contributed by atoms with Crippen molar-refractivity contribution in [3.63, 3.8) is 0 Å². The molecular formula is C26H32N4O3S. The molecule has 2 aromatic carbocycles. The van der Waals surface area contributed by atoms with E-state index in [1.165, 1.54) is 5.56 Å². The Morgan fingerprint density at radius 1 is 1.03 bits per heavy atom. The minimum absolute atomic E-state index is 0.0822. The topological polar surface area (TPSA) is 76.9 Å². The number of fused-ring (bicyclic) bond motifs is 1. The molecule has 0 bridgehead atoms. The van der Waals surface area contributed by atoms with Crippen molar-refractivity contribution in [2.24, 2.45) is 0 Å². The Morgan fingerprint density at radius 3 is 2.44 bits per heavy atom. The molecule has 2 aliphatic rings. The van der Waals surface area contributed by atoms with Crippen molar-refractivity contribution < 1.29 is 14.3 Å². The van der Waals surface area contributed by atoms with Gasteiger partial charge in [0.05, 0.1) is 13.2 Å². The second-order valence-electron chi connectivity index (χ2n) is 8.61. The van der Waals surface area contributed by atoms with Gasteiger partial charge in [-0.15, -0.1) is 0 Å². The van der Waals surface area contributed by atoms with Crippen molar-refractivity contribution in [2.45, 2.75) is 19.9 Å². The molecule has 0 aromatic heterocycles. The van der Waals surface area contributed by atoms with Gasteiger partial charge in [-0.3, -0.25) is 19.9 Å². The maximum Gasteiger partial charge on any atom is 0.320 e. The van der Waals surface area contributed by atoms with Gasteiger partial charge in [-0.2, -0.15) is 11.8 Å². The summed E-state index contributed by atoms with van der Waals surface area (Å²) in [5, 5.41) is 8.49. The van der Waals surface area contributed by atoms with Crippen LogP contribution in [0.25, 0.3) is 0 Å². The van der Waals surface area contributed by atoms with Gasteiger partial charge in [-0.05, 0) is 60.9 Å². The number of rotatable bonds is 6. The number of nitrogens with one attached hydrogen (secondary N) is 1. The van der Waals surface area contributed by atoms with Crippen molar-refractivity contribution in [1.29, 1.82) is 5.41 Å². The highest BCUT2D eigenvalue weighted by molar-refractivity contribution is 7.99. The molecule has 2 heterocycles. The zero-order valence-electron chi connectivity index (χ0n) is 19.9. The number of amides is 1. The Hall–Kier alpha value is -2.84. The normalized spacial score (nSPS) is 16.0. The van der Waals surface area contributed by atoms with Gasteiger partial charge in [0.2, 0.25) is 0 Å². The number of thioether (sulfide) groups is 1. The van der Waals surface area contributed by atoms with Crippen LogP contribution in [0.1, 0.15) is 34.0 Å². The van der Waals surface area contributed by atoms with Crippen LogP contribution in [0.3, 0.4) is 0 Å². The van der Waals surface area contributed by atoms with E-state index >= 15 is 0 Å². The van der Waals surface area contributed by atoms with Crippen LogP contribution >= 0.6 is 11.8 Å². The van der Waals surface area contributed by atoms with Crippen LogP contribution in [0.5, 0.6) is 0 Å². The van der Waals surface area contributed by atoms with E-state index in [1.807, 2.05) is 61.2 Å². The minimum atomic E-state index is -0.214. The summed E-state index contributed by atoms with van der Waals surface area (Å²) in [6.07, 6.45) is 0.849. The number of esters is 1. The standard InChI is InChI=1S/C26H32N4O3S/c1-3-33-24(31)18-29-11-10-19-4-5-21(16-22(19)17-29)26(32)28(2)23-8-6-20(7-9-23)25(27)30-12-14-34-15-13-30/h4-9,16,27H,3,10-15,17-18H2,1-2H3. The van der Waals surface area contributed by atoms with Gasteiger partial charge in [0.1, 0.15) is 5.84 Å². The fourth-order valence-corrected chi connectivity index (χ4v) is 5.30. The van der Waals surface area contributed by atoms with Crippen molar-refractivity contribution in [3.05, 3.63) is 64.7 Å². The SMILES string of the molecule is CCOC(=O)CN1CCc2ccc(C(=O)N(C)c3ccc(C(=N)N4CCSCC4)cc3)cc2C1. The van der Waals surface area contributed by atoms with Crippen molar-refractivity contribution in [1.82, 2.24) is 9.80 Å². The number of anilines is 1. The lowest BCUT2D eigenvalue weighted by molar-refractivity contribution is -0.144. The van der Waals surface area contributed by atoms with E-state index in [0.717, 1.165) is 54.4 Å². The summed E-state index contributed by atoms with van der Waals surface area (Å²) in [6.45, 7) is 5.69. The highest BCUT2D eigenvalue weighted by Crippen LogP contribution is 2.23. The molecule has 0 radical (unpaired) electrons. The molecule has 34 heavy (non-hydrogen) atoms. The Balaban J connectivity index is 1.42. The van der Waals surface area contributed by atoms with Crippen molar-refractivity contribution in [3.8, 4) is 0 Å². The first-order chi connectivity index (χ1) is 16.5. The van der Waals surface area contributed by atoms with Crippen LogP contribution in [0, 0.1) is 5.41 Å². The van der Waals surface area contributed by atoms with Crippen LogP contribution in [0.4, 0.5) is 5.69 Å². The van der Waals surface area contributed by atoms with E-state index in [1.54, 1.807) is 11.9 Å². The van der Waals surface area contributed by atoms with Crippen LogP contribution in [0.15, 0.2) is 42.5 Å². The Kier molecular flexibility index (Phi) is 7.90. The van der Waals surface area contributed by atoms with Gasteiger partial charge in [-0.1, -0.05) is 6.07 Å². The monoisotopic (exact) mass is 480 g/mol. The molecule has 4 rings (SSSR count). The quantitative estimate of drug-likeness (QED) is 0.389. The molecule has 1 N–H and O–H groups in total. The Labute approximate surface area is 205 Å². The number of ether oxygens (including phenoxy) is 1. The smallest absolute Gasteiger partial charge is 0.320 e. The van der Waals surface area contributed by atoms with Crippen molar-refractivity contribution in [2.75, 3.05) is 56.2 Å². The van der Waals surface area contributed by atoms with E-state index in [0.29, 0.717) is 24.6 Å². The predicted octanol–water partition coefficient (Wildman–Crippen LogP) is 3.26. The largest absolute Gasteiger partial charge is 0.465 e. The van der Waals surface area contributed by atoms with E-state index in [-0.39, 0.29) is 18.4 Å². The molecule has 1 saturated heterocycles. The number of hydrogen-bond acceptors (Lipinski definition) is 6. The second kappa shape index (κ2) is 11.1. The summed E-state index contributed by atoms with van der Waals surface area (Å²) < 4.78 is 5.07. The second-order valence-corrected chi connectivity index (χ2v) is 9.83. The summed E-state index contributed by atoms with van der Waals surface area (Å²) in [6, 6.07) is 13.5. The van der Waals surface area contributed by atoms with E-state index in [4.69, 9.17) is 10.1 Å². The lowest BCUT2D eigenvalue weighted by atomic mass is 9.97. The summed E-state index contributed by atoms with van der Waals surface area (Å²) in [4.78, 5) is 30.9. The number of amidine groups is 1. The first kappa shape index (κ1) is 24.3. The molecule has 1 amide bonds. The summed E-state index contributed by atoms with van der Waals surface area (Å²) in [5.41, 5.74) is 4.59. The molecule has 2 aromatic rings. The zero-order valence-corrected chi connectivity index (χ0v) is 20.7. The molecule has 7 nitrogen and oxygen atoms in total. The minimum Gasteiger partial charge on any atom is -0.465 e. The lowest BCUT2D eigenvalue weighted by Gasteiger charge is -2.29. The Morgan fingerprint density at radius 2 is 1.74 bits per heavy atom. The van der Waals surface area contributed by atoms with Gasteiger partial charge in [-0.25, -0.2) is 0 Å². The van der Waals surface area contributed by atoms with Gasteiger partial charge < -0.3 is 14.5 Å². The molecular weight excluding hydrogens is 448 g/mol. The predicted molar refractivity (Wildman–Crippen MR) is 137 cm³/mol. The number of carbonyl (C=O) groups excluding carboxylic acids is 2. The number of benzene rings is 2. The molecule has 0 spiro atoms. The van der Waals surface area contributed by atoms with Crippen LogP contribution in [-0.2, 0) is 22.5 Å². The van der Waals surface area contributed by atoms with Gasteiger partial charge >= 0.3 is 5.97 Å². The molecule has 2 aliphatic heterocycles. The third kappa shape index (κ3) is 5.62. The molecule has 8 heteroatoms. The maximum absolute atomic E-state index is 13.2. The summed E-state index contributed by atoms with van der Waals surface area (Å²) in [5.74, 6) is 2.36. The molecule has 0 atom stereocenters. The Bertz CT molecular complexity index is 1050. The molecule has 180 valence electrons. The highest BCUT2D eigenvalue weighted by atomic mass is 32.2. The fourth-order valence-electron chi connectivity index (χ4n) is 4.40. The summed E-state index contributed by atoms with van der Waals surface area (Å²) in [7, 11) is 1.77. The van der Waals surface area contributed by atoms with Gasteiger partial charge in [0, 0.05) is 61.5 Å². The number of nitrogens with zero attached hydrogens (tertiary/aromatic N) is 3.